The van der Waals surface area contributed by atoms with Crippen molar-refractivity contribution in [3.8, 4) is 40.2 Å². The maximum Gasteiger partial charge on any atom is 0.263 e. The number of hydrogen-bond donors (Lipinski definition) is 1. The summed E-state index contributed by atoms with van der Waals surface area (Å²) in [6, 6.07) is 17.2. The van der Waals surface area contributed by atoms with E-state index in [0.29, 0.717) is 22.6 Å². The summed E-state index contributed by atoms with van der Waals surface area (Å²) in [4.78, 5) is 8.44. The molecule has 0 fully saturated rings. The molecular formula is C25H17FN6O3S2. The largest absolute Gasteiger partial charge is 0.454 e. The van der Waals surface area contributed by atoms with Crippen LogP contribution in [0, 0.1) is 17.1 Å². The molecule has 2 aromatic carbocycles. The zero-order valence-corrected chi connectivity index (χ0v) is 20.8. The van der Waals surface area contributed by atoms with Crippen LogP contribution >= 0.6 is 11.3 Å². The summed E-state index contributed by atoms with van der Waals surface area (Å²) >= 11 is 1.13. The molecular weight excluding hydrogens is 515 g/mol. The number of hydrogen-bond acceptors (Lipinski definition) is 8. The minimum atomic E-state index is -3.96. The van der Waals surface area contributed by atoms with Gasteiger partial charge in [0.1, 0.15) is 23.3 Å². The van der Waals surface area contributed by atoms with E-state index in [0.717, 1.165) is 11.3 Å². The lowest BCUT2D eigenvalue weighted by Gasteiger charge is -2.14. The summed E-state index contributed by atoms with van der Waals surface area (Å²) in [6.07, 6.45) is 3.07. The predicted octanol–water partition coefficient (Wildman–Crippen LogP) is 5.21. The number of thiazole rings is 1. The normalized spacial score (nSPS) is 11.2. The van der Waals surface area contributed by atoms with E-state index in [-0.39, 0.29) is 27.1 Å². The third-order valence-corrected chi connectivity index (χ3v) is 7.48. The highest BCUT2D eigenvalue weighted by Crippen LogP contribution is 2.36. The lowest BCUT2D eigenvalue weighted by molar-refractivity contribution is 0.479. The minimum Gasteiger partial charge on any atom is -0.454 e. The zero-order chi connectivity index (χ0) is 26.0. The van der Waals surface area contributed by atoms with Crippen molar-refractivity contribution in [2.24, 2.45) is 7.05 Å². The number of anilines is 1. The summed E-state index contributed by atoms with van der Waals surface area (Å²) < 4.78 is 49.9. The first-order valence-corrected chi connectivity index (χ1v) is 13.1. The molecule has 3 heterocycles. The van der Waals surface area contributed by atoms with Crippen LogP contribution in [0.4, 0.5) is 9.52 Å². The number of nitrogens with one attached hydrogen (secondary N) is 1. The lowest BCUT2D eigenvalue weighted by atomic mass is 10.1. The SMILES string of the molecule is Cn1nccc1-c1nc(-c2ccccc2F)ccc1Oc1ccc(S(=O)(=O)Nc2nccs2)cc1C#N. The van der Waals surface area contributed by atoms with E-state index < -0.39 is 15.8 Å². The van der Waals surface area contributed by atoms with Gasteiger partial charge in [-0.2, -0.15) is 10.4 Å². The quantitative estimate of drug-likeness (QED) is 0.305. The molecule has 0 saturated carbocycles. The van der Waals surface area contributed by atoms with E-state index >= 15 is 0 Å². The van der Waals surface area contributed by atoms with Crippen LogP contribution < -0.4 is 9.46 Å². The number of rotatable bonds is 7. The minimum absolute atomic E-state index is 0.00356. The molecule has 9 nitrogen and oxygen atoms in total. The maximum atomic E-state index is 14.4. The van der Waals surface area contributed by atoms with Gasteiger partial charge < -0.3 is 4.74 Å². The number of benzene rings is 2. The van der Waals surface area contributed by atoms with E-state index in [4.69, 9.17) is 4.74 Å². The Morgan fingerprint density at radius 1 is 1.08 bits per heavy atom. The number of nitrogens with zero attached hydrogens (tertiary/aromatic N) is 5. The van der Waals surface area contributed by atoms with Gasteiger partial charge in [-0.05, 0) is 48.5 Å². The summed E-state index contributed by atoms with van der Waals surface area (Å²) in [5.74, 6) is -0.0224. The van der Waals surface area contributed by atoms with Crippen LogP contribution in [0.25, 0.3) is 22.6 Å². The Balaban J connectivity index is 1.54. The second-order valence-electron chi connectivity index (χ2n) is 7.68. The first-order chi connectivity index (χ1) is 17.9. The second kappa shape index (κ2) is 9.81. The fraction of sp³-hybridized carbons (Fsp3) is 0.0400. The van der Waals surface area contributed by atoms with Crippen molar-refractivity contribution in [2.45, 2.75) is 4.90 Å². The van der Waals surface area contributed by atoms with Crippen LogP contribution in [-0.4, -0.2) is 28.2 Å². The van der Waals surface area contributed by atoms with Gasteiger partial charge in [-0.15, -0.1) is 11.3 Å². The lowest BCUT2D eigenvalue weighted by Crippen LogP contribution is -2.13. The van der Waals surface area contributed by atoms with E-state index in [1.807, 2.05) is 6.07 Å². The van der Waals surface area contributed by atoms with Crippen molar-refractivity contribution in [3.63, 3.8) is 0 Å². The Kier molecular flexibility index (Phi) is 6.39. The summed E-state index contributed by atoms with van der Waals surface area (Å²) in [6.45, 7) is 0. The van der Waals surface area contributed by atoms with Crippen molar-refractivity contribution in [3.05, 3.63) is 89.8 Å². The molecule has 0 aliphatic heterocycles. The standard InChI is InChI=1S/C25H17FN6O3S2/c1-32-21(10-11-29-32)24-23(9-7-20(30-24)18-4-2-3-5-19(18)26)35-22-8-6-17(14-16(22)15-27)37(33,34)31-25-28-12-13-36-25/h2-14H,1H3,(H,28,31). The van der Waals surface area contributed by atoms with E-state index in [1.54, 1.807) is 59.7 Å². The van der Waals surface area contributed by atoms with Crippen molar-refractivity contribution in [2.75, 3.05) is 4.72 Å². The average Bonchev–Trinajstić information content (AvgIpc) is 3.56. The molecule has 0 radical (unpaired) electrons. The summed E-state index contributed by atoms with van der Waals surface area (Å²) in [5.41, 5.74) is 1.66. The van der Waals surface area contributed by atoms with Gasteiger partial charge in [0.25, 0.3) is 10.0 Å². The number of nitriles is 1. The molecule has 0 amide bonds. The molecule has 0 spiro atoms. The van der Waals surface area contributed by atoms with Crippen LogP contribution in [-0.2, 0) is 17.1 Å². The number of aryl methyl sites for hydroxylation is 1. The van der Waals surface area contributed by atoms with Crippen LogP contribution in [0.1, 0.15) is 5.56 Å². The topological polar surface area (TPSA) is 123 Å². The third kappa shape index (κ3) is 4.90. The highest BCUT2D eigenvalue weighted by Gasteiger charge is 2.20. The van der Waals surface area contributed by atoms with Crippen molar-refractivity contribution < 1.29 is 17.5 Å². The predicted molar refractivity (Wildman–Crippen MR) is 136 cm³/mol. The Labute approximate surface area is 215 Å². The summed E-state index contributed by atoms with van der Waals surface area (Å²) in [7, 11) is -2.23. The fourth-order valence-electron chi connectivity index (χ4n) is 3.56. The van der Waals surface area contributed by atoms with Crippen molar-refractivity contribution in [1.29, 1.82) is 5.26 Å². The molecule has 0 aliphatic carbocycles. The maximum absolute atomic E-state index is 14.4. The molecule has 5 aromatic rings. The van der Waals surface area contributed by atoms with Crippen molar-refractivity contribution in [1.82, 2.24) is 19.7 Å². The Morgan fingerprint density at radius 3 is 2.59 bits per heavy atom. The molecule has 0 bridgehead atoms. The van der Waals surface area contributed by atoms with E-state index in [9.17, 15) is 18.1 Å². The fourth-order valence-corrected chi connectivity index (χ4v) is 5.37. The van der Waals surface area contributed by atoms with Gasteiger partial charge in [0.2, 0.25) is 0 Å². The number of halogens is 1. The van der Waals surface area contributed by atoms with Crippen molar-refractivity contribution >= 4 is 26.5 Å². The van der Waals surface area contributed by atoms with Crippen LogP contribution in [0.2, 0.25) is 0 Å². The van der Waals surface area contributed by atoms with Crippen LogP contribution in [0.3, 0.4) is 0 Å². The Morgan fingerprint density at radius 2 is 1.89 bits per heavy atom. The number of pyridine rings is 1. The van der Waals surface area contributed by atoms with Gasteiger partial charge >= 0.3 is 0 Å². The molecule has 0 unspecified atom stereocenters. The molecule has 0 saturated heterocycles. The Hall–Kier alpha value is -4.60. The molecule has 3 aromatic heterocycles. The Bertz CT molecular complexity index is 1740. The molecule has 184 valence electrons. The molecule has 0 atom stereocenters. The smallest absolute Gasteiger partial charge is 0.263 e. The van der Waals surface area contributed by atoms with E-state index in [1.165, 1.54) is 30.5 Å². The van der Waals surface area contributed by atoms with Crippen LogP contribution in [0.5, 0.6) is 11.5 Å². The average molecular weight is 533 g/mol. The zero-order valence-electron chi connectivity index (χ0n) is 19.2. The van der Waals surface area contributed by atoms with Gasteiger partial charge in [0.15, 0.2) is 10.9 Å². The number of aromatic nitrogens is 4. The third-order valence-electron chi connectivity index (χ3n) is 5.33. The van der Waals surface area contributed by atoms with Gasteiger partial charge in [0.05, 0.1) is 21.8 Å². The molecule has 1 N–H and O–H groups in total. The number of ether oxygens (including phenoxy) is 1. The van der Waals surface area contributed by atoms with Gasteiger partial charge in [0, 0.05) is 30.4 Å². The monoisotopic (exact) mass is 532 g/mol. The van der Waals surface area contributed by atoms with Gasteiger partial charge in [-0.25, -0.2) is 22.8 Å². The van der Waals surface area contributed by atoms with Crippen LogP contribution in [0.15, 0.2) is 83.3 Å². The van der Waals surface area contributed by atoms with Gasteiger partial charge in [-0.3, -0.25) is 9.40 Å². The molecule has 0 aliphatic rings. The highest BCUT2D eigenvalue weighted by atomic mass is 32.2. The molecule has 37 heavy (non-hydrogen) atoms. The molecule has 5 rings (SSSR count). The summed E-state index contributed by atoms with van der Waals surface area (Å²) in [5, 5.41) is 15.8. The highest BCUT2D eigenvalue weighted by molar-refractivity contribution is 7.93. The number of sulfonamides is 1. The molecule has 12 heteroatoms. The van der Waals surface area contributed by atoms with E-state index in [2.05, 4.69) is 19.8 Å². The first kappa shape index (κ1) is 24.1. The first-order valence-electron chi connectivity index (χ1n) is 10.7. The second-order valence-corrected chi connectivity index (χ2v) is 10.3. The van der Waals surface area contributed by atoms with Gasteiger partial charge in [-0.1, -0.05) is 12.1 Å².